The van der Waals surface area contributed by atoms with Crippen molar-refractivity contribution in [2.24, 2.45) is 0 Å². The van der Waals surface area contributed by atoms with E-state index in [9.17, 15) is 4.79 Å². The van der Waals surface area contributed by atoms with Crippen molar-refractivity contribution in [2.75, 3.05) is 5.43 Å². The molecule has 0 unspecified atom stereocenters. The van der Waals surface area contributed by atoms with Gasteiger partial charge in [0, 0.05) is 6.54 Å². The summed E-state index contributed by atoms with van der Waals surface area (Å²) in [5, 5.41) is 0.769. The average molecular weight is 362 g/mol. The molecule has 0 aliphatic carbocycles. The molecule has 2 N–H and O–H groups in total. The van der Waals surface area contributed by atoms with Gasteiger partial charge >= 0.3 is 5.69 Å². The molecule has 3 rings (SSSR count). The van der Waals surface area contributed by atoms with Crippen LogP contribution in [0.3, 0.4) is 0 Å². The van der Waals surface area contributed by atoms with Crippen molar-refractivity contribution < 1.29 is 0 Å². The van der Waals surface area contributed by atoms with Crippen LogP contribution in [0.5, 0.6) is 0 Å². The average Bonchev–Trinajstić information content (AvgIpc) is 2.59. The van der Waals surface area contributed by atoms with Crippen LogP contribution in [-0.4, -0.2) is 14.5 Å². The molecule has 1 heterocycles. The van der Waals surface area contributed by atoms with E-state index in [4.69, 9.17) is 23.2 Å². The highest BCUT2D eigenvalue weighted by molar-refractivity contribution is 6.42. The van der Waals surface area contributed by atoms with Crippen LogP contribution in [0.4, 0.5) is 5.95 Å². The van der Waals surface area contributed by atoms with Crippen LogP contribution in [0.25, 0.3) is 5.69 Å². The second-order valence-electron chi connectivity index (χ2n) is 4.90. The molecule has 8 heteroatoms. The van der Waals surface area contributed by atoms with E-state index in [0.29, 0.717) is 22.3 Å². The normalized spacial score (nSPS) is 10.6. The van der Waals surface area contributed by atoms with Gasteiger partial charge in [0.2, 0.25) is 5.95 Å². The number of benzene rings is 2. The van der Waals surface area contributed by atoms with Crippen molar-refractivity contribution in [3.8, 4) is 5.69 Å². The third-order valence-electron chi connectivity index (χ3n) is 3.22. The summed E-state index contributed by atoms with van der Waals surface area (Å²) in [5.41, 5.74) is 6.91. The Morgan fingerprint density at radius 1 is 1.04 bits per heavy atom. The minimum Gasteiger partial charge on any atom is -0.289 e. The van der Waals surface area contributed by atoms with Gasteiger partial charge in [-0.3, -0.25) is 9.99 Å². The van der Waals surface area contributed by atoms with Crippen LogP contribution in [0.15, 0.2) is 59.7 Å². The summed E-state index contributed by atoms with van der Waals surface area (Å²) >= 11 is 11.8. The van der Waals surface area contributed by atoms with E-state index in [1.165, 1.54) is 10.9 Å². The number of aromatic nitrogens is 3. The van der Waals surface area contributed by atoms with Crippen LogP contribution >= 0.6 is 23.2 Å². The molecule has 0 spiro atoms. The zero-order valence-corrected chi connectivity index (χ0v) is 13.9. The predicted octanol–water partition coefficient (Wildman–Crippen LogP) is 3.05. The largest absolute Gasteiger partial charge is 0.356 e. The summed E-state index contributed by atoms with van der Waals surface area (Å²) in [4.78, 5) is 20.1. The first kappa shape index (κ1) is 16.4. The Hall–Kier alpha value is -2.41. The SMILES string of the molecule is O=c1nc(NNCc2ccccc2)ncn1-c1ccc(Cl)c(Cl)c1. The number of nitrogens with zero attached hydrogens (tertiary/aromatic N) is 3. The molecule has 3 aromatic rings. The van der Waals surface area contributed by atoms with Crippen molar-refractivity contribution in [3.05, 3.63) is 81.0 Å². The van der Waals surface area contributed by atoms with Gasteiger partial charge in [0.05, 0.1) is 15.7 Å². The molecule has 0 fully saturated rings. The fraction of sp³-hybridized carbons (Fsp3) is 0.0625. The van der Waals surface area contributed by atoms with Gasteiger partial charge < -0.3 is 0 Å². The van der Waals surface area contributed by atoms with Gasteiger partial charge in [-0.2, -0.15) is 4.98 Å². The quantitative estimate of drug-likeness (QED) is 0.683. The third-order valence-corrected chi connectivity index (χ3v) is 3.96. The molecule has 0 aliphatic heterocycles. The van der Waals surface area contributed by atoms with Crippen LogP contribution in [0.1, 0.15) is 5.56 Å². The molecule has 0 saturated carbocycles. The lowest BCUT2D eigenvalue weighted by molar-refractivity contribution is 0.767. The summed E-state index contributed by atoms with van der Waals surface area (Å²) in [6.45, 7) is 0.570. The molecule has 0 atom stereocenters. The Morgan fingerprint density at radius 3 is 2.54 bits per heavy atom. The van der Waals surface area contributed by atoms with Gasteiger partial charge in [-0.25, -0.2) is 15.2 Å². The van der Waals surface area contributed by atoms with E-state index >= 15 is 0 Å². The summed E-state index contributed by atoms with van der Waals surface area (Å²) in [6, 6.07) is 14.7. The third kappa shape index (κ3) is 3.91. The monoisotopic (exact) mass is 361 g/mol. The Labute approximate surface area is 148 Å². The van der Waals surface area contributed by atoms with E-state index in [0.717, 1.165) is 5.56 Å². The molecule has 0 saturated heterocycles. The molecule has 0 amide bonds. The molecule has 2 aromatic carbocycles. The van der Waals surface area contributed by atoms with Crippen molar-refractivity contribution in [1.82, 2.24) is 20.0 Å². The lowest BCUT2D eigenvalue weighted by Gasteiger charge is -2.09. The van der Waals surface area contributed by atoms with E-state index in [2.05, 4.69) is 20.8 Å². The van der Waals surface area contributed by atoms with Crippen molar-refractivity contribution in [1.29, 1.82) is 0 Å². The van der Waals surface area contributed by atoms with Crippen molar-refractivity contribution in [2.45, 2.75) is 6.54 Å². The van der Waals surface area contributed by atoms with Crippen LogP contribution < -0.4 is 16.5 Å². The van der Waals surface area contributed by atoms with Crippen molar-refractivity contribution >= 4 is 29.2 Å². The predicted molar refractivity (Wildman–Crippen MR) is 94.6 cm³/mol. The number of rotatable bonds is 5. The van der Waals surface area contributed by atoms with Crippen LogP contribution in [-0.2, 0) is 6.54 Å². The first-order valence-corrected chi connectivity index (χ1v) is 7.83. The molecule has 0 bridgehead atoms. The van der Waals surface area contributed by atoms with Gasteiger partial charge in [-0.15, -0.1) is 0 Å². The zero-order chi connectivity index (χ0) is 16.9. The maximum absolute atomic E-state index is 12.1. The Kier molecular flexibility index (Phi) is 5.10. The van der Waals surface area contributed by atoms with E-state index in [-0.39, 0.29) is 5.95 Å². The highest BCUT2D eigenvalue weighted by atomic mass is 35.5. The molecule has 0 aliphatic rings. The van der Waals surface area contributed by atoms with Gasteiger partial charge in [0.15, 0.2) is 0 Å². The first-order valence-electron chi connectivity index (χ1n) is 7.07. The zero-order valence-electron chi connectivity index (χ0n) is 12.4. The van der Waals surface area contributed by atoms with E-state index in [1.54, 1.807) is 18.2 Å². The van der Waals surface area contributed by atoms with E-state index < -0.39 is 5.69 Å². The van der Waals surface area contributed by atoms with Crippen LogP contribution in [0, 0.1) is 0 Å². The number of hydrogen-bond donors (Lipinski definition) is 2. The highest BCUT2D eigenvalue weighted by Gasteiger charge is 2.06. The Balaban J connectivity index is 1.70. The maximum Gasteiger partial charge on any atom is 0.356 e. The molecule has 1 aromatic heterocycles. The molecular weight excluding hydrogens is 349 g/mol. The van der Waals surface area contributed by atoms with Crippen LogP contribution in [0.2, 0.25) is 10.0 Å². The fourth-order valence-corrected chi connectivity index (χ4v) is 2.32. The number of nitrogens with one attached hydrogen (secondary N) is 2. The maximum atomic E-state index is 12.1. The second-order valence-corrected chi connectivity index (χ2v) is 5.71. The number of halogens is 2. The summed E-state index contributed by atoms with van der Waals surface area (Å²) in [7, 11) is 0. The van der Waals surface area contributed by atoms with Gasteiger partial charge in [-0.1, -0.05) is 53.5 Å². The summed E-state index contributed by atoms with van der Waals surface area (Å²) in [6.07, 6.45) is 1.38. The smallest absolute Gasteiger partial charge is 0.289 e. The minimum absolute atomic E-state index is 0.187. The molecule has 122 valence electrons. The number of hydrogen-bond acceptors (Lipinski definition) is 5. The standard InChI is InChI=1S/C16H13Cl2N5O/c17-13-7-6-12(8-14(13)18)23-10-19-15(21-16(23)24)22-20-9-11-4-2-1-3-5-11/h1-8,10,20H,9H2,(H,21,22,24). The lowest BCUT2D eigenvalue weighted by atomic mass is 10.2. The second kappa shape index (κ2) is 7.44. The molecular formula is C16H13Cl2N5O. The fourth-order valence-electron chi connectivity index (χ4n) is 2.03. The van der Waals surface area contributed by atoms with Gasteiger partial charge in [0.1, 0.15) is 6.33 Å². The van der Waals surface area contributed by atoms with Crippen molar-refractivity contribution in [3.63, 3.8) is 0 Å². The highest BCUT2D eigenvalue weighted by Crippen LogP contribution is 2.23. The summed E-state index contributed by atoms with van der Waals surface area (Å²) < 4.78 is 1.28. The summed E-state index contributed by atoms with van der Waals surface area (Å²) in [5.74, 6) is 0.187. The number of anilines is 1. The molecule has 6 nitrogen and oxygen atoms in total. The molecule has 0 radical (unpaired) electrons. The molecule has 24 heavy (non-hydrogen) atoms. The van der Waals surface area contributed by atoms with Gasteiger partial charge in [-0.05, 0) is 23.8 Å². The van der Waals surface area contributed by atoms with Gasteiger partial charge in [0.25, 0.3) is 0 Å². The Bertz CT molecular complexity index is 898. The first-order chi connectivity index (χ1) is 11.6. The lowest BCUT2D eigenvalue weighted by Crippen LogP contribution is -2.28. The Morgan fingerprint density at radius 2 is 1.83 bits per heavy atom. The van der Waals surface area contributed by atoms with E-state index in [1.807, 2.05) is 30.3 Å². The minimum atomic E-state index is -0.479. The topological polar surface area (TPSA) is 71.8 Å². The number of hydrazine groups is 1.